The van der Waals surface area contributed by atoms with Crippen LogP contribution in [0.2, 0.25) is 0 Å². The van der Waals surface area contributed by atoms with Gasteiger partial charge in [-0.3, -0.25) is 4.90 Å². The molecule has 1 aliphatic heterocycles. The Labute approximate surface area is 156 Å². The number of carboxylic acid groups (broad SMARTS) is 1. The van der Waals surface area contributed by atoms with Gasteiger partial charge in [0.05, 0.1) is 1.37 Å². The van der Waals surface area contributed by atoms with Crippen LogP contribution < -0.4 is 0 Å². The number of esters is 1. The standard InChI is InChI=1S/C21H29NO4/c1-20(2,3)18-22(19(24)25)16(17(23)26-18)14-21(12-8-5-9-13-21)15-10-6-4-7-11-15/h4,6-7,10-11,16,18H,5,8-9,12-14H2,1-3H3,(H,24,25)/t16-,18+/m0/s1/i16D. The summed E-state index contributed by atoms with van der Waals surface area (Å²) in [4.78, 5) is 25.8. The number of cyclic esters (lactones) is 1. The molecule has 2 aliphatic rings. The van der Waals surface area contributed by atoms with Crippen molar-refractivity contribution in [1.29, 1.82) is 0 Å². The lowest BCUT2D eigenvalue weighted by atomic mass is 9.66. The SMILES string of the molecule is [2H][C@]1(CC2(c3ccccc3)CCCCC2)C(=O)O[C@H](C(C)(C)C)N1C(=O)O. The zero-order valence-corrected chi connectivity index (χ0v) is 15.8. The molecule has 2 atom stereocenters. The minimum atomic E-state index is -1.93. The van der Waals surface area contributed by atoms with Crippen molar-refractivity contribution >= 4 is 12.1 Å². The zero-order valence-electron chi connectivity index (χ0n) is 16.8. The molecular formula is C21H29NO4. The number of rotatable bonds is 3. The number of nitrogens with zero attached hydrogens (tertiary/aromatic N) is 1. The predicted molar refractivity (Wildman–Crippen MR) is 98.8 cm³/mol. The van der Waals surface area contributed by atoms with E-state index in [1.165, 1.54) is 0 Å². The second-order valence-corrected chi connectivity index (χ2v) is 8.61. The summed E-state index contributed by atoms with van der Waals surface area (Å²) in [7, 11) is 0. The van der Waals surface area contributed by atoms with Crippen molar-refractivity contribution in [3.05, 3.63) is 35.9 Å². The van der Waals surface area contributed by atoms with Gasteiger partial charge in [-0.1, -0.05) is 70.4 Å². The number of amides is 1. The van der Waals surface area contributed by atoms with Gasteiger partial charge in [-0.05, 0) is 30.2 Å². The molecule has 0 spiro atoms. The fourth-order valence-corrected chi connectivity index (χ4v) is 4.31. The van der Waals surface area contributed by atoms with Crippen LogP contribution in [0.3, 0.4) is 0 Å². The monoisotopic (exact) mass is 360 g/mol. The molecule has 0 aromatic heterocycles. The van der Waals surface area contributed by atoms with Crippen LogP contribution in [0.15, 0.2) is 30.3 Å². The molecular weight excluding hydrogens is 330 g/mol. The third-order valence-electron chi connectivity index (χ3n) is 5.63. The van der Waals surface area contributed by atoms with Gasteiger partial charge in [-0.15, -0.1) is 0 Å². The molecule has 1 heterocycles. The Hall–Kier alpha value is -2.04. The molecule has 26 heavy (non-hydrogen) atoms. The lowest BCUT2D eigenvalue weighted by Crippen LogP contribution is -2.49. The summed E-state index contributed by atoms with van der Waals surface area (Å²) in [5, 5.41) is 9.86. The van der Waals surface area contributed by atoms with E-state index in [4.69, 9.17) is 6.11 Å². The number of hydrogen-bond acceptors (Lipinski definition) is 3. The maximum Gasteiger partial charge on any atom is 0.410 e. The first kappa shape index (κ1) is 17.4. The van der Waals surface area contributed by atoms with E-state index >= 15 is 0 Å². The van der Waals surface area contributed by atoms with Crippen LogP contribution in [0.4, 0.5) is 4.79 Å². The predicted octanol–water partition coefficient (Wildman–Crippen LogP) is 4.56. The van der Waals surface area contributed by atoms with E-state index in [9.17, 15) is 14.7 Å². The smallest absolute Gasteiger partial charge is 0.410 e. The van der Waals surface area contributed by atoms with E-state index in [1.807, 2.05) is 51.1 Å². The Bertz CT molecular complexity index is 709. The highest BCUT2D eigenvalue weighted by atomic mass is 16.6. The van der Waals surface area contributed by atoms with Gasteiger partial charge in [0.2, 0.25) is 0 Å². The Kier molecular flexibility index (Phi) is 4.63. The van der Waals surface area contributed by atoms with Gasteiger partial charge in [0.25, 0.3) is 0 Å². The van der Waals surface area contributed by atoms with Crippen molar-refractivity contribution in [1.82, 2.24) is 4.90 Å². The highest BCUT2D eigenvalue weighted by Gasteiger charge is 2.52. The van der Waals surface area contributed by atoms with Crippen molar-refractivity contribution in [2.24, 2.45) is 5.41 Å². The molecule has 1 aliphatic carbocycles. The van der Waals surface area contributed by atoms with Crippen molar-refractivity contribution < 1.29 is 20.8 Å². The minimum Gasteiger partial charge on any atom is -0.465 e. The molecule has 0 bridgehead atoms. The quantitative estimate of drug-likeness (QED) is 0.803. The van der Waals surface area contributed by atoms with Crippen molar-refractivity contribution in [2.75, 3.05) is 0 Å². The average molecular weight is 360 g/mol. The zero-order chi connectivity index (χ0) is 19.9. The molecule has 1 aromatic carbocycles. The molecule has 142 valence electrons. The number of hydrogen-bond donors (Lipinski definition) is 1. The molecule has 1 amide bonds. The summed E-state index contributed by atoms with van der Waals surface area (Å²) in [6.07, 6.45) is 2.72. The first-order valence-corrected chi connectivity index (χ1v) is 9.39. The lowest BCUT2D eigenvalue weighted by Gasteiger charge is -2.41. The van der Waals surface area contributed by atoms with Crippen LogP contribution in [0.25, 0.3) is 0 Å². The van der Waals surface area contributed by atoms with Crippen molar-refractivity contribution in [3.8, 4) is 0 Å². The first-order chi connectivity index (χ1) is 12.6. The molecule has 1 aromatic rings. The van der Waals surface area contributed by atoms with E-state index in [-0.39, 0.29) is 11.8 Å². The van der Waals surface area contributed by atoms with Crippen LogP contribution in [0.1, 0.15) is 66.2 Å². The van der Waals surface area contributed by atoms with E-state index < -0.39 is 29.7 Å². The molecule has 2 fully saturated rings. The van der Waals surface area contributed by atoms with E-state index in [1.54, 1.807) is 0 Å². The topological polar surface area (TPSA) is 66.8 Å². The fraction of sp³-hybridized carbons (Fsp3) is 0.619. The third kappa shape index (κ3) is 3.44. The van der Waals surface area contributed by atoms with Gasteiger partial charge >= 0.3 is 12.1 Å². The third-order valence-corrected chi connectivity index (χ3v) is 5.63. The summed E-state index contributed by atoms with van der Waals surface area (Å²) in [5.74, 6) is -0.759. The van der Waals surface area contributed by atoms with Crippen molar-refractivity contribution in [3.63, 3.8) is 0 Å². The van der Waals surface area contributed by atoms with Crippen LogP contribution in [0.5, 0.6) is 0 Å². The maximum absolute atomic E-state index is 12.8. The summed E-state index contributed by atoms with van der Waals surface area (Å²) in [6.45, 7) is 5.46. The molecule has 1 saturated carbocycles. The molecule has 5 heteroatoms. The highest BCUT2D eigenvalue weighted by Crippen LogP contribution is 2.46. The summed E-state index contributed by atoms with van der Waals surface area (Å²) >= 11 is 0. The number of benzene rings is 1. The summed E-state index contributed by atoms with van der Waals surface area (Å²) in [6, 6.07) is 7.99. The van der Waals surface area contributed by atoms with Gasteiger partial charge in [-0.25, -0.2) is 9.59 Å². The van der Waals surface area contributed by atoms with Crippen LogP contribution >= 0.6 is 0 Å². The van der Waals surface area contributed by atoms with E-state index in [2.05, 4.69) is 0 Å². The highest BCUT2D eigenvalue weighted by molar-refractivity contribution is 5.84. The van der Waals surface area contributed by atoms with E-state index in [0.29, 0.717) is 0 Å². The van der Waals surface area contributed by atoms with Gasteiger partial charge in [0.1, 0.15) is 6.02 Å². The van der Waals surface area contributed by atoms with Gasteiger partial charge < -0.3 is 9.84 Å². The molecule has 5 nitrogen and oxygen atoms in total. The largest absolute Gasteiger partial charge is 0.465 e. The molecule has 1 saturated heterocycles. The van der Waals surface area contributed by atoms with Gasteiger partial charge in [0, 0.05) is 5.41 Å². The second-order valence-electron chi connectivity index (χ2n) is 8.61. The Balaban J connectivity index is 2.04. The van der Waals surface area contributed by atoms with Crippen molar-refractivity contribution in [2.45, 2.75) is 77.0 Å². The Morgan fingerprint density at radius 3 is 2.42 bits per heavy atom. The summed E-state index contributed by atoms with van der Waals surface area (Å²) in [5.41, 5.74) is 0.0815. The lowest BCUT2D eigenvalue weighted by molar-refractivity contribution is -0.147. The molecule has 0 radical (unpaired) electrons. The number of carbonyl (C=O) groups excluding carboxylic acids is 1. The normalized spacial score (nSPS) is 29.2. The Morgan fingerprint density at radius 2 is 1.88 bits per heavy atom. The van der Waals surface area contributed by atoms with Gasteiger partial charge in [0.15, 0.2) is 6.23 Å². The molecule has 1 N–H and O–H groups in total. The molecule has 3 rings (SSSR count). The fourth-order valence-electron chi connectivity index (χ4n) is 4.31. The van der Waals surface area contributed by atoms with Crippen LogP contribution in [0, 0.1) is 5.41 Å². The average Bonchev–Trinajstić information content (AvgIpc) is 2.88. The second kappa shape index (κ2) is 6.93. The molecule has 0 unspecified atom stereocenters. The first-order valence-electron chi connectivity index (χ1n) is 9.89. The van der Waals surface area contributed by atoms with Gasteiger partial charge in [-0.2, -0.15) is 0 Å². The van der Waals surface area contributed by atoms with Crippen LogP contribution in [-0.2, 0) is 14.9 Å². The summed E-state index contributed by atoms with van der Waals surface area (Å²) < 4.78 is 14.4. The number of carbonyl (C=O) groups is 2. The van der Waals surface area contributed by atoms with E-state index in [0.717, 1.165) is 42.6 Å². The Morgan fingerprint density at radius 1 is 1.27 bits per heavy atom. The minimum absolute atomic E-state index is 0.127. The number of ether oxygens (including phenoxy) is 1. The van der Waals surface area contributed by atoms with Crippen LogP contribution in [-0.4, -0.2) is 34.3 Å². The maximum atomic E-state index is 12.8.